The zero-order valence-corrected chi connectivity index (χ0v) is 13.2. The molecule has 1 heterocycles. The van der Waals surface area contributed by atoms with Crippen molar-refractivity contribution in [1.29, 1.82) is 0 Å². The Morgan fingerprint density at radius 3 is 2.57 bits per heavy atom. The monoisotopic (exact) mass is 328 g/mol. The Balaban J connectivity index is 2.43. The number of fused-ring (bicyclic) bond motifs is 1. The normalized spacial score (nSPS) is 12.1. The van der Waals surface area contributed by atoms with Gasteiger partial charge in [-0.15, -0.1) is 0 Å². The first-order chi connectivity index (χ1) is 10.8. The van der Waals surface area contributed by atoms with E-state index in [1.807, 2.05) is 0 Å². The molecule has 0 bridgehead atoms. The minimum Gasteiger partial charge on any atom is -0.351 e. The van der Waals surface area contributed by atoms with Gasteiger partial charge < -0.3 is 15.2 Å². The number of imidazole rings is 1. The summed E-state index contributed by atoms with van der Waals surface area (Å²) in [5, 5.41) is 5.57. The van der Waals surface area contributed by atoms with E-state index in [0.717, 1.165) is 4.57 Å². The van der Waals surface area contributed by atoms with Crippen LogP contribution in [0.3, 0.4) is 0 Å². The van der Waals surface area contributed by atoms with Gasteiger partial charge in [0.25, 0.3) is 5.91 Å². The van der Waals surface area contributed by atoms with Gasteiger partial charge in [0.05, 0.1) is 11.0 Å². The number of likely N-dealkylation sites (N-methyl/N-ethyl adjacent to an activating group) is 1. The molecule has 0 aliphatic heterocycles. The smallest absolute Gasteiger partial charge is 0.351 e. The second-order valence-corrected chi connectivity index (χ2v) is 5.46. The first-order valence-electron chi connectivity index (χ1n) is 7.27. The van der Waals surface area contributed by atoms with Gasteiger partial charge in [-0.3, -0.25) is 4.79 Å². The number of hydrogen-bond acceptors (Lipinski definition) is 3. The maximum absolute atomic E-state index is 13.1. The SMILES string of the molecule is CNCCNC(=O)c1ccc2c(c1)nc(C(F)(F)F)n2C(C)C. The fourth-order valence-corrected chi connectivity index (χ4v) is 2.37. The van der Waals surface area contributed by atoms with Crippen LogP contribution in [0, 0.1) is 0 Å². The predicted molar refractivity (Wildman–Crippen MR) is 81.4 cm³/mol. The highest BCUT2D eigenvalue weighted by Crippen LogP contribution is 2.33. The number of amides is 1. The summed E-state index contributed by atoms with van der Waals surface area (Å²) in [6.45, 7) is 4.36. The van der Waals surface area contributed by atoms with E-state index in [1.165, 1.54) is 18.2 Å². The average Bonchev–Trinajstić information content (AvgIpc) is 2.86. The molecular formula is C15H19F3N4O. The first-order valence-corrected chi connectivity index (χ1v) is 7.27. The first kappa shape index (κ1) is 17.3. The minimum absolute atomic E-state index is 0.160. The van der Waals surface area contributed by atoms with E-state index in [2.05, 4.69) is 15.6 Å². The van der Waals surface area contributed by atoms with Gasteiger partial charge in [0.1, 0.15) is 0 Å². The van der Waals surface area contributed by atoms with Crippen molar-refractivity contribution < 1.29 is 18.0 Å². The molecule has 2 aromatic rings. The molecule has 126 valence electrons. The van der Waals surface area contributed by atoms with E-state index in [-0.39, 0.29) is 17.0 Å². The Morgan fingerprint density at radius 2 is 2.00 bits per heavy atom. The van der Waals surface area contributed by atoms with Crippen molar-refractivity contribution >= 4 is 16.9 Å². The maximum Gasteiger partial charge on any atom is 0.449 e. The zero-order valence-electron chi connectivity index (χ0n) is 13.2. The van der Waals surface area contributed by atoms with E-state index < -0.39 is 18.0 Å². The maximum atomic E-state index is 13.1. The standard InChI is InChI=1S/C15H19F3N4O/c1-9(2)22-12-5-4-10(13(23)20-7-6-19-3)8-11(12)21-14(22)15(16,17)18/h4-5,8-9,19H,6-7H2,1-3H3,(H,20,23). The van der Waals surface area contributed by atoms with Crippen LogP contribution >= 0.6 is 0 Å². The van der Waals surface area contributed by atoms with Gasteiger partial charge >= 0.3 is 6.18 Å². The van der Waals surface area contributed by atoms with Crippen LogP contribution in [0.5, 0.6) is 0 Å². The Labute approximate surface area is 131 Å². The molecule has 2 N–H and O–H groups in total. The number of benzene rings is 1. The van der Waals surface area contributed by atoms with Gasteiger partial charge in [-0.25, -0.2) is 4.98 Å². The summed E-state index contributed by atoms with van der Waals surface area (Å²) < 4.78 is 40.6. The van der Waals surface area contributed by atoms with Crippen LogP contribution in [0.15, 0.2) is 18.2 Å². The number of alkyl halides is 3. The van der Waals surface area contributed by atoms with Gasteiger partial charge in [0.15, 0.2) is 0 Å². The van der Waals surface area contributed by atoms with Crippen LogP contribution in [-0.2, 0) is 6.18 Å². The van der Waals surface area contributed by atoms with E-state index in [1.54, 1.807) is 20.9 Å². The number of nitrogens with zero attached hydrogens (tertiary/aromatic N) is 2. The molecule has 0 radical (unpaired) electrons. The molecule has 1 aromatic carbocycles. The minimum atomic E-state index is -4.54. The van der Waals surface area contributed by atoms with Crippen LogP contribution in [0.2, 0.25) is 0 Å². The molecule has 0 aliphatic rings. The summed E-state index contributed by atoms with van der Waals surface area (Å²) in [5.41, 5.74) is 0.808. The van der Waals surface area contributed by atoms with Crippen LogP contribution in [0.1, 0.15) is 36.1 Å². The Kier molecular flexibility index (Phi) is 4.93. The number of halogens is 3. The summed E-state index contributed by atoms with van der Waals surface area (Å²) in [6.07, 6.45) is -4.54. The molecule has 8 heteroatoms. The van der Waals surface area contributed by atoms with Gasteiger partial charge in [-0.05, 0) is 39.1 Å². The van der Waals surface area contributed by atoms with Crippen LogP contribution in [0.25, 0.3) is 11.0 Å². The van der Waals surface area contributed by atoms with Crippen molar-refractivity contribution in [3.05, 3.63) is 29.6 Å². The fourth-order valence-electron chi connectivity index (χ4n) is 2.37. The van der Waals surface area contributed by atoms with Crippen molar-refractivity contribution in [1.82, 2.24) is 20.2 Å². The highest BCUT2D eigenvalue weighted by atomic mass is 19.4. The third kappa shape index (κ3) is 3.64. The third-order valence-corrected chi connectivity index (χ3v) is 3.38. The fraction of sp³-hybridized carbons (Fsp3) is 0.467. The second-order valence-electron chi connectivity index (χ2n) is 5.46. The molecule has 0 unspecified atom stereocenters. The number of carbonyl (C=O) groups is 1. The van der Waals surface area contributed by atoms with Crippen molar-refractivity contribution in [2.45, 2.75) is 26.1 Å². The molecule has 1 amide bonds. The van der Waals surface area contributed by atoms with E-state index in [0.29, 0.717) is 18.6 Å². The molecule has 0 saturated heterocycles. The molecular weight excluding hydrogens is 309 g/mol. The summed E-state index contributed by atoms with van der Waals surface area (Å²) >= 11 is 0. The topological polar surface area (TPSA) is 58.9 Å². The van der Waals surface area contributed by atoms with Gasteiger partial charge in [-0.2, -0.15) is 13.2 Å². The Bertz CT molecular complexity index is 707. The summed E-state index contributed by atoms with van der Waals surface area (Å²) in [7, 11) is 1.76. The van der Waals surface area contributed by atoms with Crippen molar-refractivity contribution in [2.75, 3.05) is 20.1 Å². The molecule has 23 heavy (non-hydrogen) atoms. The van der Waals surface area contributed by atoms with Gasteiger partial charge in [0, 0.05) is 24.7 Å². The second kappa shape index (κ2) is 6.57. The van der Waals surface area contributed by atoms with Crippen LogP contribution in [-0.4, -0.2) is 35.6 Å². The lowest BCUT2D eigenvalue weighted by molar-refractivity contribution is -0.147. The zero-order chi connectivity index (χ0) is 17.2. The third-order valence-electron chi connectivity index (χ3n) is 3.38. The highest BCUT2D eigenvalue weighted by Gasteiger charge is 2.38. The van der Waals surface area contributed by atoms with Crippen molar-refractivity contribution in [3.8, 4) is 0 Å². The molecule has 0 saturated carbocycles. The number of carbonyl (C=O) groups excluding carboxylic acids is 1. The Hall–Kier alpha value is -2.09. The van der Waals surface area contributed by atoms with Gasteiger partial charge in [-0.1, -0.05) is 0 Å². The summed E-state index contributed by atoms with van der Waals surface area (Å²) in [6, 6.07) is 4.01. The van der Waals surface area contributed by atoms with Crippen LogP contribution in [0.4, 0.5) is 13.2 Å². The van der Waals surface area contributed by atoms with E-state index in [4.69, 9.17) is 0 Å². The van der Waals surface area contributed by atoms with Crippen molar-refractivity contribution in [3.63, 3.8) is 0 Å². The highest BCUT2D eigenvalue weighted by molar-refractivity contribution is 5.97. The lowest BCUT2D eigenvalue weighted by Crippen LogP contribution is -2.30. The summed E-state index contributed by atoms with van der Waals surface area (Å²) in [5.74, 6) is -1.29. The molecule has 0 atom stereocenters. The Morgan fingerprint density at radius 1 is 1.30 bits per heavy atom. The van der Waals surface area contributed by atoms with Gasteiger partial charge in [0.2, 0.25) is 5.82 Å². The molecule has 2 rings (SSSR count). The van der Waals surface area contributed by atoms with E-state index >= 15 is 0 Å². The molecule has 1 aromatic heterocycles. The number of rotatable bonds is 5. The summed E-state index contributed by atoms with van der Waals surface area (Å²) in [4.78, 5) is 15.7. The van der Waals surface area contributed by atoms with Crippen molar-refractivity contribution in [2.24, 2.45) is 0 Å². The lowest BCUT2D eigenvalue weighted by Gasteiger charge is -2.14. The largest absolute Gasteiger partial charge is 0.449 e. The molecule has 0 fully saturated rings. The van der Waals surface area contributed by atoms with Crippen LogP contribution < -0.4 is 10.6 Å². The lowest BCUT2D eigenvalue weighted by atomic mass is 10.2. The molecule has 5 nitrogen and oxygen atoms in total. The predicted octanol–water partition coefficient (Wildman–Crippen LogP) is 2.59. The van der Waals surface area contributed by atoms with E-state index in [9.17, 15) is 18.0 Å². The number of hydrogen-bond donors (Lipinski definition) is 2. The molecule has 0 aliphatic carbocycles. The number of nitrogens with one attached hydrogen (secondary N) is 2. The average molecular weight is 328 g/mol. The molecule has 0 spiro atoms. The quantitative estimate of drug-likeness (QED) is 0.830. The number of aromatic nitrogens is 2.